The van der Waals surface area contributed by atoms with Crippen molar-refractivity contribution in [3.8, 4) is 0 Å². The largest absolute Gasteiger partial charge is 0.333 e. The summed E-state index contributed by atoms with van der Waals surface area (Å²) in [5.41, 5.74) is 2.70. The van der Waals surface area contributed by atoms with Crippen molar-refractivity contribution in [3.05, 3.63) is 22.5 Å². The molecule has 0 radical (unpaired) electrons. The number of nitrogens with zero attached hydrogens (tertiary/aromatic N) is 4. The van der Waals surface area contributed by atoms with E-state index in [2.05, 4.69) is 20.6 Å². The molecule has 9 heteroatoms. The quantitative estimate of drug-likeness (QED) is 0.932. The first kappa shape index (κ1) is 13.5. The van der Waals surface area contributed by atoms with E-state index in [9.17, 15) is 13.6 Å². The minimum Gasteiger partial charge on any atom is -0.300 e. The van der Waals surface area contributed by atoms with E-state index >= 15 is 0 Å². The van der Waals surface area contributed by atoms with Gasteiger partial charge in [-0.15, -0.1) is 10.2 Å². The number of aromatic nitrogens is 4. The fourth-order valence-corrected chi connectivity index (χ4v) is 2.16. The topological polar surface area (TPSA) is 72.7 Å². The molecule has 1 N–H and O–H groups in total. The fourth-order valence-electron chi connectivity index (χ4n) is 1.69. The zero-order valence-electron chi connectivity index (χ0n) is 10.2. The number of hydrogen-bond donors (Lipinski definition) is 1. The number of carbonyl (C=O) groups is 1. The van der Waals surface area contributed by atoms with Crippen molar-refractivity contribution in [3.63, 3.8) is 0 Å². The van der Waals surface area contributed by atoms with E-state index in [4.69, 9.17) is 0 Å². The summed E-state index contributed by atoms with van der Waals surface area (Å²) < 4.78 is 25.9. The van der Waals surface area contributed by atoms with E-state index in [1.807, 2.05) is 0 Å². The van der Waals surface area contributed by atoms with Gasteiger partial charge < -0.3 is 5.32 Å². The summed E-state index contributed by atoms with van der Waals surface area (Å²) in [6, 6.07) is 0. The minimum atomic E-state index is -2.71. The van der Waals surface area contributed by atoms with Crippen LogP contribution in [0, 0.1) is 13.8 Å². The Labute approximate surface area is 111 Å². The molecule has 0 aliphatic rings. The Morgan fingerprint density at radius 3 is 2.79 bits per heavy atom. The molecule has 0 aromatic carbocycles. The Balaban J connectivity index is 2.13. The molecule has 2 aromatic rings. The Bertz CT molecular complexity index is 581. The summed E-state index contributed by atoms with van der Waals surface area (Å²) in [5.74, 6) is -0.336. The zero-order chi connectivity index (χ0) is 14.0. The second kappa shape index (κ2) is 5.39. The van der Waals surface area contributed by atoms with Crippen LogP contribution in [0.3, 0.4) is 0 Å². The average molecular weight is 287 g/mol. The highest BCUT2D eigenvalue weighted by Crippen LogP contribution is 2.20. The van der Waals surface area contributed by atoms with Gasteiger partial charge >= 0.3 is 6.55 Å². The first-order valence-electron chi connectivity index (χ1n) is 5.37. The van der Waals surface area contributed by atoms with Gasteiger partial charge in [0.1, 0.15) is 5.51 Å². The second-order valence-electron chi connectivity index (χ2n) is 3.84. The van der Waals surface area contributed by atoms with Gasteiger partial charge in [-0.05, 0) is 13.8 Å². The van der Waals surface area contributed by atoms with Gasteiger partial charge in [0, 0.05) is 11.3 Å². The standard InChI is InChI=1S/C10H11F2N5OS/c1-5-7(6(2)17(16-5)9(11)12)3-8(18)14-10-15-13-4-19-10/h4,9H,3H2,1-2H3,(H,14,15,18). The van der Waals surface area contributed by atoms with Crippen LogP contribution in [-0.2, 0) is 11.2 Å². The average Bonchev–Trinajstić information content (AvgIpc) is 2.92. The van der Waals surface area contributed by atoms with Crippen molar-refractivity contribution in [2.75, 3.05) is 5.32 Å². The van der Waals surface area contributed by atoms with Crippen molar-refractivity contribution in [1.82, 2.24) is 20.0 Å². The van der Waals surface area contributed by atoms with Crippen LogP contribution in [0.5, 0.6) is 0 Å². The molecule has 19 heavy (non-hydrogen) atoms. The maximum atomic E-state index is 12.6. The van der Waals surface area contributed by atoms with E-state index in [1.54, 1.807) is 6.92 Å². The number of halogens is 2. The highest BCUT2D eigenvalue weighted by molar-refractivity contribution is 7.13. The number of hydrogen-bond acceptors (Lipinski definition) is 5. The highest BCUT2D eigenvalue weighted by atomic mass is 32.1. The number of carbonyl (C=O) groups excluding carboxylic acids is 1. The molecule has 0 saturated carbocycles. The smallest absolute Gasteiger partial charge is 0.300 e. The molecular formula is C10H11F2N5OS. The van der Waals surface area contributed by atoms with Gasteiger partial charge in [-0.3, -0.25) is 4.79 Å². The molecule has 0 fully saturated rings. The van der Waals surface area contributed by atoms with Gasteiger partial charge in [-0.1, -0.05) is 11.3 Å². The molecule has 0 unspecified atom stereocenters. The van der Waals surface area contributed by atoms with E-state index < -0.39 is 6.55 Å². The maximum Gasteiger partial charge on any atom is 0.333 e. The Morgan fingerprint density at radius 1 is 1.53 bits per heavy atom. The number of aryl methyl sites for hydroxylation is 1. The SMILES string of the molecule is Cc1nn(C(F)F)c(C)c1CC(=O)Nc1nncs1. The summed E-state index contributed by atoms with van der Waals surface area (Å²) in [4.78, 5) is 11.8. The maximum absolute atomic E-state index is 12.6. The molecule has 0 spiro atoms. The van der Waals surface area contributed by atoms with Crippen LogP contribution >= 0.6 is 11.3 Å². The highest BCUT2D eigenvalue weighted by Gasteiger charge is 2.19. The van der Waals surface area contributed by atoms with E-state index in [-0.39, 0.29) is 12.3 Å². The van der Waals surface area contributed by atoms with Crippen molar-refractivity contribution in [1.29, 1.82) is 0 Å². The van der Waals surface area contributed by atoms with Gasteiger partial charge in [0.15, 0.2) is 0 Å². The first-order valence-corrected chi connectivity index (χ1v) is 6.25. The lowest BCUT2D eigenvalue weighted by molar-refractivity contribution is -0.115. The van der Waals surface area contributed by atoms with Crippen molar-refractivity contribution < 1.29 is 13.6 Å². The van der Waals surface area contributed by atoms with Gasteiger partial charge in [0.2, 0.25) is 11.0 Å². The van der Waals surface area contributed by atoms with Crippen LogP contribution in [0.4, 0.5) is 13.9 Å². The number of nitrogens with one attached hydrogen (secondary N) is 1. The summed E-state index contributed by atoms with van der Waals surface area (Å²) in [5, 5.41) is 13.9. The van der Waals surface area contributed by atoms with E-state index in [0.717, 1.165) is 0 Å². The molecule has 0 bridgehead atoms. The summed E-state index contributed by atoms with van der Waals surface area (Å²) in [6.07, 6.45) is -0.0238. The molecular weight excluding hydrogens is 276 g/mol. The van der Waals surface area contributed by atoms with Crippen molar-refractivity contribution in [2.24, 2.45) is 0 Å². The zero-order valence-corrected chi connectivity index (χ0v) is 11.0. The lowest BCUT2D eigenvalue weighted by Crippen LogP contribution is -2.15. The van der Waals surface area contributed by atoms with Crippen molar-refractivity contribution in [2.45, 2.75) is 26.8 Å². The predicted molar refractivity (Wildman–Crippen MR) is 65.2 cm³/mol. The molecule has 102 valence electrons. The molecule has 0 aliphatic heterocycles. The molecule has 2 heterocycles. The lowest BCUT2D eigenvalue weighted by atomic mass is 10.1. The lowest BCUT2D eigenvalue weighted by Gasteiger charge is -2.04. The molecule has 0 saturated heterocycles. The molecule has 0 aliphatic carbocycles. The van der Waals surface area contributed by atoms with Gasteiger partial charge in [-0.25, -0.2) is 4.68 Å². The summed E-state index contributed by atoms with van der Waals surface area (Å²) in [6.45, 7) is 0.401. The normalized spacial score (nSPS) is 11.0. The van der Waals surface area contributed by atoms with Crippen LogP contribution in [0.2, 0.25) is 0 Å². The van der Waals surface area contributed by atoms with Gasteiger partial charge in [0.05, 0.1) is 12.1 Å². The Kier molecular flexibility index (Phi) is 3.84. The van der Waals surface area contributed by atoms with E-state index in [1.165, 1.54) is 23.8 Å². The monoisotopic (exact) mass is 287 g/mol. The number of amides is 1. The minimum absolute atomic E-state index is 0.0238. The van der Waals surface area contributed by atoms with E-state index in [0.29, 0.717) is 26.8 Å². The molecule has 6 nitrogen and oxygen atoms in total. The molecule has 1 amide bonds. The molecule has 0 atom stereocenters. The molecule has 2 aromatic heterocycles. The number of anilines is 1. The van der Waals surface area contributed by atoms with Crippen LogP contribution in [0.25, 0.3) is 0 Å². The van der Waals surface area contributed by atoms with Crippen LogP contribution in [0.1, 0.15) is 23.5 Å². The number of alkyl halides is 2. The first-order chi connectivity index (χ1) is 8.99. The van der Waals surface area contributed by atoms with Gasteiger partial charge in [0.25, 0.3) is 0 Å². The predicted octanol–water partition coefficient (Wildman–Crippen LogP) is 1.93. The second-order valence-corrected chi connectivity index (χ2v) is 4.67. The van der Waals surface area contributed by atoms with Crippen molar-refractivity contribution >= 4 is 22.4 Å². The third kappa shape index (κ3) is 2.92. The van der Waals surface area contributed by atoms with Crippen LogP contribution in [-0.4, -0.2) is 25.9 Å². The van der Waals surface area contributed by atoms with Gasteiger partial charge in [-0.2, -0.15) is 13.9 Å². The number of rotatable bonds is 4. The third-order valence-electron chi connectivity index (χ3n) is 2.60. The third-order valence-corrected chi connectivity index (χ3v) is 3.21. The molecule has 2 rings (SSSR count). The van der Waals surface area contributed by atoms with Crippen LogP contribution in [0.15, 0.2) is 5.51 Å². The fraction of sp³-hybridized carbons (Fsp3) is 0.400. The Hall–Kier alpha value is -1.90. The summed E-state index contributed by atoms with van der Waals surface area (Å²) >= 11 is 1.19. The van der Waals surface area contributed by atoms with Crippen LogP contribution < -0.4 is 5.32 Å². The Morgan fingerprint density at radius 2 is 2.26 bits per heavy atom. The summed E-state index contributed by atoms with van der Waals surface area (Å²) in [7, 11) is 0.